The number of phenols is 1. The van der Waals surface area contributed by atoms with Crippen LogP contribution in [0.1, 0.15) is 18.9 Å². The van der Waals surface area contributed by atoms with Gasteiger partial charge in [0.15, 0.2) is 0 Å². The molecule has 0 aromatic heterocycles. The number of rotatable bonds is 7. The van der Waals surface area contributed by atoms with E-state index < -0.39 is 10.2 Å². The van der Waals surface area contributed by atoms with Crippen LogP contribution in [0, 0.1) is 0 Å². The second kappa shape index (κ2) is 6.58. The molecule has 0 heterocycles. The van der Waals surface area contributed by atoms with E-state index in [1.807, 2.05) is 6.92 Å². The molecule has 5 nitrogen and oxygen atoms in total. The second-order valence-electron chi connectivity index (χ2n) is 3.71. The molecule has 0 aliphatic heterocycles. The van der Waals surface area contributed by atoms with E-state index in [1.165, 1.54) is 0 Å². The molecular formula is C11H18N2O3S. The highest BCUT2D eigenvalue weighted by atomic mass is 32.2. The molecule has 1 aromatic carbocycles. The van der Waals surface area contributed by atoms with Crippen LogP contribution in [0.5, 0.6) is 5.75 Å². The fourth-order valence-corrected chi connectivity index (χ4v) is 2.23. The Morgan fingerprint density at radius 2 is 1.71 bits per heavy atom. The van der Waals surface area contributed by atoms with E-state index in [4.69, 9.17) is 5.11 Å². The van der Waals surface area contributed by atoms with Crippen molar-refractivity contribution in [3.63, 3.8) is 0 Å². The summed E-state index contributed by atoms with van der Waals surface area (Å²) in [7, 11) is -3.37. The van der Waals surface area contributed by atoms with Gasteiger partial charge < -0.3 is 5.11 Å². The van der Waals surface area contributed by atoms with Crippen molar-refractivity contribution in [1.29, 1.82) is 0 Å². The lowest BCUT2D eigenvalue weighted by atomic mass is 10.1. The Morgan fingerprint density at radius 1 is 1.12 bits per heavy atom. The molecule has 96 valence electrons. The normalized spacial score (nSPS) is 11.6. The first-order valence-electron chi connectivity index (χ1n) is 5.55. The van der Waals surface area contributed by atoms with Gasteiger partial charge in [-0.2, -0.15) is 8.42 Å². The standard InChI is InChI=1S/C11H18N2O3S/c1-2-8-12-17(15,16)13-9-7-10-3-5-11(14)6-4-10/h3-6,12-14H,2,7-9H2,1H3. The average Bonchev–Trinajstić information content (AvgIpc) is 2.29. The van der Waals surface area contributed by atoms with E-state index in [9.17, 15) is 8.42 Å². The molecule has 0 radical (unpaired) electrons. The highest BCUT2D eigenvalue weighted by molar-refractivity contribution is 7.87. The van der Waals surface area contributed by atoms with Crippen molar-refractivity contribution < 1.29 is 13.5 Å². The molecule has 0 aliphatic carbocycles. The summed E-state index contributed by atoms with van der Waals surface area (Å²) in [6.07, 6.45) is 1.35. The molecular weight excluding hydrogens is 240 g/mol. The van der Waals surface area contributed by atoms with Crippen molar-refractivity contribution in [2.45, 2.75) is 19.8 Å². The van der Waals surface area contributed by atoms with Gasteiger partial charge in [0, 0.05) is 13.1 Å². The maximum atomic E-state index is 11.4. The van der Waals surface area contributed by atoms with E-state index in [0.717, 1.165) is 12.0 Å². The minimum Gasteiger partial charge on any atom is -0.508 e. The quantitative estimate of drug-likeness (QED) is 0.676. The van der Waals surface area contributed by atoms with Crippen molar-refractivity contribution in [2.75, 3.05) is 13.1 Å². The van der Waals surface area contributed by atoms with Crippen LogP contribution < -0.4 is 9.44 Å². The third kappa shape index (κ3) is 5.67. The summed E-state index contributed by atoms with van der Waals surface area (Å²) in [5.41, 5.74) is 0.973. The average molecular weight is 258 g/mol. The van der Waals surface area contributed by atoms with Crippen LogP contribution in [0.4, 0.5) is 0 Å². The predicted molar refractivity (Wildman–Crippen MR) is 67.0 cm³/mol. The molecule has 3 N–H and O–H groups in total. The number of aromatic hydroxyl groups is 1. The molecule has 0 saturated heterocycles. The topological polar surface area (TPSA) is 78.4 Å². The van der Waals surface area contributed by atoms with Crippen LogP contribution in [0.2, 0.25) is 0 Å². The lowest BCUT2D eigenvalue weighted by Gasteiger charge is -2.07. The summed E-state index contributed by atoms with van der Waals surface area (Å²) in [5, 5.41) is 9.09. The molecule has 6 heteroatoms. The summed E-state index contributed by atoms with van der Waals surface area (Å²) in [6, 6.07) is 6.70. The van der Waals surface area contributed by atoms with E-state index in [-0.39, 0.29) is 5.75 Å². The van der Waals surface area contributed by atoms with Gasteiger partial charge in [-0.15, -0.1) is 0 Å². The monoisotopic (exact) mass is 258 g/mol. The predicted octanol–water partition coefficient (Wildman–Crippen LogP) is 0.769. The van der Waals surface area contributed by atoms with Gasteiger partial charge in [0.1, 0.15) is 5.75 Å². The Kier molecular flexibility index (Phi) is 5.40. The molecule has 0 spiro atoms. The summed E-state index contributed by atoms with van der Waals surface area (Å²) < 4.78 is 27.6. The van der Waals surface area contributed by atoms with Crippen LogP contribution >= 0.6 is 0 Å². The molecule has 1 rings (SSSR count). The number of nitrogens with one attached hydrogen (secondary N) is 2. The Bertz CT molecular complexity index is 429. The van der Waals surface area contributed by atoms with Gasteiger partial charge in [0.25, 0.3) is 10.2 Å². The minimum absolute atomic E-state index is 0.207. The molecule has 0 bridgehead atoms. The zero-order valence-electron chi connectivity index (χ0n) is 9.81. The lowest BCUT2D eigenvalue weighted by Crippen LogP contribution is -2.37. The Hall–Kier alpha value is -1.11. The number of benzene rings is 1. The molecule has 0 unspecified atom stereocenters. The van der Waals surface area contributed by atoms with Gasteiger partial charge in [-0.3, -0.25) is 0 Å². The first kappa shape index (κ1) is 14.0. The van der Waals surface area contributed by atoms with E-state index in [0.29, 0.717) is 19.5 Å². The van der Waals surface area contributed by atoms with Crippen LogP contribution in [-0.4, -0.2) is 26.6 Å². The van der Waals surface area contributed by atoms with Gasteiger partial charge in [-0.25, -0.2) is 9.44 Å². The van der Waals surface area contributed by atoms with Gasteiger partial charge >= 0.3 is 0 Å². The number of phenolic OH excluding ortho intramolecular Hbond substituents is 1. The lowest BCUT2D eigenvalue weighted by molar-refractivity contribution is 0.475. The van der Waals surface area contributed by atoms with E-state index in [1.54, 1.807) is 24.3 Å². The zero-order valence-corrected chi connectivity index (χ0v) is 10.6. The Balaban J connectivity index is 2.34. The maximum absolute atomic E-state index is 11.4. The van der Waals surface area contributed by atoms with Gasteiger partial charge in [-0.05, 0) is 30.5 Å². The van der Waals surface area contributed by atoms with E-state index in [2.05, 4.69) is 9.44 Å². The highest BCUT2D eigenvalue weighted by Crippen LogP contribution is 2.09. The SMILES string of the molecule is CCCNS(=O)(=O)NCCc1ccc(O)cc1. The highest BCUT2D eigenvalue weighted by Gasteiger charge is 2.06. The first-order valence-corrected chi connectivity index (χ1v) is 7.04. The summed E-state index contributed by atoms with van der Waals surface area (Å²) in [6.45, 7) is 2.68. The Morgan fingerprint density at radius 3 is 2.29 bits per heavy atom. The third-order valence-corrected chi connectivity index (χ3v) is 3.35. The molecule has 0 atom stereocenters. The van der Waals surface area contributed by atoms with Crippen LogP contribution in [0.15, 0.2) is 24.3 Å². The van der Waals surface area contributed by atoms with Crippen LogP contribution in [-0.2, 0) is 16.6 Å². The molecule has 0 saturated carbocycles. The minimum atomic E-state index is -3.37. The molecule has 17 heavy (non-hydrogen) atoms. The van der Waals surface area contributed by atoms with Crippen molar-refractivity contribution in [1.82, 2.24) is 9.44 Å². The summed E-state index contributed by atoms with van der Waals surface area (Å²) in [4.78, 5) is 0. The van der Waals surface area contributed by atoms with Gasteiger partial charge in [-0.1, -0.05) is 19.1 Å². The second-order valence-corrected chi connectivity index (χ2v) is 5.29. The van der Waals surface area contributed by atoms with Crippen LogP contribution in [0.25, 0.3) is 0 Å². The van der Waals surface area contributed by atoms with Crippen molar-refractivity contribution in [3.05, 3.63) is 29.8 Å². The first-order chi connectivity index (χ1) is 8.03. The fourth-order valence-electron chi connectivity index (χ4n) is 1.28. The molecule has 0 fully saturated rings. The van der Waals surface area contributed by atoms with Gasteiger partial charge in [0.2, 0.25) is 0 Å². The van der Waals surface area contributed by atoms with Crippen molar-refractivity contribution >= 4 is 10.2 Å². The fraction of sp³-hybridized carbons (Fsp3) is 0.455. The van der Waals surface area contributed by atoms with Gasteiger partial charge in [0.05, 0.1) is 0 Å². The maximum Gasteiger partial charge on any atom is 0.276 e. The number of hydrogen-bond donors (Lipinski definition) is 3. The summed E-state index contributed by atoms with van der Waals surface area (Å²) in [5.74, 6) is 0.207. The van der Waals surface area contributed by atoms with E-state index >= 15 is 0 Å². The summed E-state index contributed by atoms with van der Waals surface area (Å²) >= 11 is 0. The van der Waals surface area contributed by atoms with Crippen molar-refractivity contribution in [3.8, 4) is 5.75 Å². The van der Waals surface area contributed by atoms with Crippen molar-refractivity contribution in [2.24, 2.45) is 0 Å². The largest absolute Gasteiger partial charge is 0.508 e. The molecule has 0 amide bonds. The van der Waals surface area contributed by atoms with Crippen LogP contribution in [0.3, 0.4) is 0 Å². The molecule has 1 aromatic rings. The zero-order chi connectivity index (χ0) is 12.7. The third-order valence-electron chi connectivity index (χ3n) is 2.18. The smallest absolute Gasteiger partial charge is 0.276 e. The number of hydrogen-bond acceptors (Lipinski definition) is 3. The molecule has 0 aliphatic rings. The Labute approximate surface area is 102 Å².